The Bertz CT molecular complexity index is 571. The molecule has 102 valence electrons. The van der Waals surface area contributed by atoms with Crippen molar-refractivity contribution < 1.29 is 0 Å². The highest BCUT2D eigenvalue weighted by Gasteiger charge is 2.08. The summed E-state index contributed by atoms with van der Waals surface area (Å²) in [6.45, 7) is 10.9. The van der Waals surface area contributed by atoms with E-state index in [9.17, 15) is 0 Å². The van der Waals surface area contributed by atoms with Gasteiger partial charge < -0.3 is 5.32 Å². The molecule has 2 rings (SSSR count). The van der Waals surface area contributed by atoms with E-state index < -0.39 is 0 Å². The highest BCUT2D eigenvalue weighted by Crippen LogP contribution is 2.11. The molecule has 2 heterocycles. The van der Waals surface area contributed by atoms with Gasteiger partial charge in [-0.05, 0) is 38.5 Å². The molecule has 0 radical (unpaired) electrons. The number of nitrogens with zero attached hydrogens (tertiary/aromatic N) is 4. The lowest BCUT2D eigenvalue weighted by molar-refractivity contribution is 0.587. The number of aromatic nitrogens is 4. The van der Waals surface area contributed by atoms with E-state index in [4.69, 9.17) is 0 Å². The van der Waals surface area contributed by atoms with E-state index >= 15 is 0 Å². The van der Waals surface area contributed by atoms with E-state index in [1.165, 1.54) is 5.56 Å². The summed E-state index contributed by atoms with van der Waals surface area (Å²) in [6, 6.07) is 4.62. The van der Waals surface area contributed by atoms with Crippen molar-refractivity contribution in [3.05, 3.63) is 35.0 Å². The lowest BCUT2D eigenvalue weighted by Crippen LogP contribution is -2.22. The molecule has 0 bridgehead atoms. The van der Waals surface area contributed by atoms with Crippen molar-refractivity contribution in [2.45, 2.75) is 47.2 Å². The van der Waals surface area contributed by atoms with Gasteiger partial charge in [-0.25, -0.2) is 9.97 Å². The van der Waals surface area contributed by atoms with E-state index in [2.05, 4.69) is 46.4 Å². The summed E-state index contributed by atoms with van der Waals surface area (Å²) in [5.74, 6) is 2.46. The van der Waals surface area contributed by atoms with Crippen LogP contribution >= 0.6 is 0 Å². The van der Waals surface area contributed by atoms with Gasteiger partial charge in [-0.3, -0.25) is 0 Å². The van der Waals surface area contributed by atoms with Crippen molar-refractivity contribution in [2.75, 3.05) is 0 Å². The molecule has 2 aromatic rings. The molecule has 0 atom stereocenters. The van der Waals surface area contributed by atoms with Gasteiger partial charge in [0, 0.05) is 18.3 Å². The molecule has 0 aliphatic rings. The van der Waals surface area contributed by atoms with Gasteiger partial charge >= 0.3 is 0 Å². The third-order valence-electron chi connectivity index (χ3n) is 2.81. The zero-order chi connectivity index (χ0) is 14.0. The highest BCUT2D eigenvalue weighted by molar-refractivity contribution is 5.30. The quantitative estimate of drug-likeness (QED) is 0.913. The zero-order valence-electron chi connectivity index (χ0n) is 12.2. The molecule has 0 aliphatic carbocycles. The minimum absolute atomic E-state index is 0.465. The summed E-state index contributed by atoms with van der Waals surface area (Å²) >= 11 is 0. The Morgan fingerprint density at radius 1 is 1.16 bits per heavy atom. The van der Waals surface area contributed by atoms with Crippen LogP contribution in [0.2, 0.25) is 0 Å². The van der Waals surface area contributed by atoms with Gasteiger partial charge in [0.05, 0.1) is 0 Å². The average Bonchev–Trinajstić information content (AvgIpc) is 2.65. The van der Waals surface area contributed by atoms with Crippen LogP contribution in [0.25, 0.3) is 5.82 Å². The van der Waals surface area contributed by atoms with Crippen LogP contribution in [0.4, 0.5) is 0 Å². The Balaban J connectivity index is 2.33. The highest BCUT2D eigenvalue weighted by atomic mass is 15.4. The van der Waals surface area contributed by atoms with Gasteiger partial charge in [0.15, 0.2) is 5.82 Å². The first-order valence-corrected chi connectivity index (χ1v) is 6.57. The second-order valence-electron chi connectivity index (χ2n) is 5.13. The Hall–Kier alpha value is -1.75. The molecular formula is C14H21N5. The fourth-order valence-corrected chi connectivity index (χ4v) is 1.99. The normalized spacial score (nSPS) is 11.3. The third-order valence-corrected chi connectivity index (χ3v) is 2.81. The first-order valence-electron chi connectivity index (χ1n) is 6.57. The number of hydrogen-bond donors (Lipinski definition) is 1. The number of nitrogens with one attached hydrogen (secondary N) is 1. The van der Waals surface area contributed by atoms with Crippen molar-refractivity contribution in [2.24, 2.45) is 0 Å². The largest absolute Gasteiger partial charge is 0.310 e. The minimum atomic E-state index is 0.465. The molecular weight excluding hydrogens is 238 g/mol. The maximum Gasteiger partial charge on any atom is 0.156 e. The lowest BCUT2D eigenvalue weighted by Gasteiger charge is -2.10. The van der Waals surface area contributed by atoms with Crippen LogP contribution in [0.5, 0.6) is 0 Å². The summed E-state index contributed by atoms with van der Waals surface area (Å²) in [6.07, 6.45) is 0. The monoisotopic (exact) mass is 259 g/mol. The van der Waals surface area contributed by atoms with Gasteiger partial charge in [0.25, 0.3) is 0 Å². The predicted molar refractivity (Wildman–Crippen MR) is 75.3 cm³/mol. The predicted octanol–water partition coefficient (Wildman–Crippen LogP) is 2.09. The second-order valence-corrected chi connectivity index (χ2v) is 5.13. The first-order chi connectivity index (χ1) is 8.95. The summed E-state index contributed by atoms with van der Waals surface area (Å²) in [5.41, 5.74) is 2.20. The SMILES string of the molecule is Cc1cc(CNC(C)C)cc(-n2nc(C)nc2C)n1. The Kier molecular flexibility index (Phi) is 3.95. The molecule has 0 fully saturated rings. The van der Waals surface area contributed by atoms with Crippen molar-refractivity contribution >= 4 is 0 Å². The summed E-state index contributed by atoms with van der Waals surface area (Å²) < 4.78 is 1.79. The Morgan fingerprint density at radius 3 is 2.47 bits per heavy atom. The molecule has 0 aliphatic heterocycles. The molecule has 1 N–H and O–H groups in total. The van der Waals surface area contributed by atoms with E-state index in [0.29, 0.717) is 6.04 Å². The van der Waals surface area contributed by atoms with Crippen LogP contribution in [-0.2, 0) is 6.54 Å². The van der Waals surface area contributed by atoms with E-state index in [0.717, 1.165) is 29.7 Å². The van der Waals surface area contributed by atoms with Crippen molar-refractivity contribution in [3.8, 4) is 5.82 Å². The van der Waals surface area contributed by atoms with E-state index in [1.807, 2.05) is 20.8 Å². The van der Waals surface area contributed by atoms with Gasteiger partial charge in [-0.1, -0.05) is 13.8 Å². The summed E-state index contributed by atoms with van der Waals surface area (Å²) in [7, 11) is 0. The number of aryl methyl sites for hydroxylation is 3. The van der Waals surface area contributed by atoms with Gasteiger partial charge in [0.1, 0.15) is 11.6 Å². The van der Waals surface area contributed by atoms with Crippen LogP contribution in [0.15, 0.2) is 12.1 Å². The topological polar surface area (TPSA) is 55.6 Å². The van der Waals surface area contributed by atoms with Crippen molar-refractivity contribution in [1.82, 2.24) is 25.1 Å². The van der Waals surface area contributed by atoms with Crippen molar-refractivity contribution in [1.29, 1.82) is 0 Å². The van der Waals surface area contributed by atoms with Gasteiger partial charge in [-0.2, -0.15) is 4.68 Å². The fraction of sp³-hybridized carbons (Fsp3) is 0.500. The maximum atomic E-state index is 4.54. The fourth-order valence-electron chi connectivity index (χ4n) is 1.99. The van der Waals surface area contributed by atoms with Crippen LogP contribution in [0.1, 0.15) is 36.8 Å². The molecule has 0 unspecified atom stereocenters. The summed E-state index contributed by atoms with van der Waals surface area (Å²) in [5, 5.41) is 7.79. The molecule has 0 amide bonds. The molecule has 0 saturated heterocycles. The number of rotatable bonds is 4. The Labute approximate surface area is 114 Å². The first kappa shape index (κ1) is 13.7. The summed E-state index contributed by atoms with van der Waals surface area (Å²) in [4.78, 5) is 8.86. The third kappa shape index (κ3) is 3.38. The zero-order valence-corrected chi connectivity index (χ0v) is 12.2. The smallest absolute Gasteiger partial charge is 0.156 e. The minimum Gasteiger partial charge on any atom is -0.310 e. The molecule has 2 aromatic heterocycles. The van der Waals surface area contributed by atoms with Crippen LogP contribution in [0, 0.1) is 20.8 Å². The molecule has 0 saturated carbocycles. The molecule has 5 nitrogen and oxygen atoms in total. The lowest BCUT2D eigenvalue weighted by atomic mass is 10.2. The maximum absolute atomic E-state index is 4.54. The molecule has 5 heteroatoms. The standard InChI is InChI=1S/C14H21N5/c1-9(2)15-8-13-6-10(3)16-14(7-13)19-12(5)17-11(4)18-19/h6-7,9,15H,8H2,1-5H3. The average molecular weight is 259 g/mol. The second kappa shape index (κ2) is 5.48. The van der Waals surface area contributed by atoms with Crippen LogP contribution in [-0.4, -0.2) is 25.8 Å². The molecule has 0 spiro atoms. The van der Waals surface area contributed by atoms with E-state index in [1.54, 1.807) is 4.68 Å². The van der Waals surface area contributed by atoms with Crippen LogP contribution in [0.3, 0.4) is 0 Å². The number of pyridine rings is 1. The van der Waals surface area contributed by atoms with Crippen molar-refractivity contribution in [3.63, 3.8) is 0 Å². The molecule has 0 aromatic carbocycles. The Morgan fingerprint density at radius 2 is 1.89 bits per heavy atom. The van der Waals surface area contributed by atoms with E-state index in [-0.39, 0.29) is 0 Å². The van der Waals surface area contributed by atoms with Crippen LogP contribution < -0.4 is 5.32 Å². The van der Waals surface area contributed by atoms with Gasteiger partial charge in [-0.15, -0.1) is 5.10 Å². The number of hydrogen-bond acceptors (Lipinski definition) is 4. The molecule has 19 heavy (non-hydrogen) atoms. The van der Waals surface area contributed by atoms with Gasteiger partial charge in [0.2, 0.25) is 0 Å².